The first-order chi connectivity index (χ1) is 16.0. The molecule has 1 fully saturated rings. The van der Waals surface area contributed by atoms with Crippen LogP contribution in [0.15, 0.2) is 80.6 Å². The molecular weight excluding hydrogens is 586 g/mol. The predicted molar refractivity (Wildman–Crippen MR) is 146 cm³/mol. The Balaban J connectivity index is 1.60. The fraction of sp³-hybridized carbons (Fsp3) is 0.120. The van der Waals surface area contributed by atoms with Gasteiger partial charge in [0.1, 0.15) is 6.61 Å². The molecule has 1 amide bonds. The summed E-state index contributed by atoms with van der Waals surface area (Å²) in [5.74, 6) is 1.09. The van der Waals surface area contributed by atoms with Gasteiger partial charge in [0.2, 0.25) is 0 Å². The summed E-state index contributed by atoms with van der Waals surface area (Å²) in [6.07, 6.45) is 1.83. The number of carbonyl (C=O) groups excluding carboxylic acids is 1. The van der Waals surface area contributed by atoms with Crippen LogP contribution in [0.1, 0.15) is 18.1 Å². The predicted octanol–water partition coefficient (Wildman–Crippen LogP) is 7.60. The van der Waals surface area contributed by atoms with Crippen LogP contribution >= 0.6 is 55.8 Å². The minimum Gasteiger partial charge on any atom is -0.490 e. The van der Waals surface area contributed by atoms with Gasteiger partial charge in [0.25, 0.3) is 5.91 Å². The van der Waals surface area contributed by atoms with Crippen molar-refractivity contribution in [3.8, 4) is 11.5 Å². The highest BCUT2D eigenvalue weighted by Gasteiger charge is 2.33. The van der Waals surface area contributed by atoms with Crippen molar-refractivity contribution in [3.05, 3.63) is 91.7 Å². The third-order valence-corrected chi connectivity index (χ3v) is 7.15. The van der Waals surface area contributed by atoms with Crippen molar-refractivity contribution in [2.75, 3.05) is 11.5 Å². The lowest BCUT2D eigenvalue weighted by molar-refractivity contribution is -0.113. The second-order valence-corrected chi connectivity index (χ2v) is 10.5. The fourth-order valence-corrected chi connectivity index (χ4v) is 5.37. The molecule has 1 heterocycles. The average Bonchev–Trinajstić information content (AvgIpc) is 3.07. The molecule has 1 aliphatic heterocycles. The number of benzene rings is 3. The molecule has 1 saturated heterocycles. The molecule has 8 heteroatoms. The molecule has 3 aromatic carbocycles. The van der Waals surface area contributed by atoms with E-state index in [4.69, 9.17) is 21.7 Å². The Morgan fingerprint density at radius 2 is 1.76 bits per heavy atom. The number of halogens is 2. The largest absolute Gasteiger partial charge is 0.490 e. The van der Waals surface area contributed by atoms with Gasteiger partial charge in [0.15, 0.2) is 15.8 Å². The third-order valence-electron chi connectivity index (χ3n) is 4.73. The van der Waals surface area contributed by atoms with E-state index in [0.29, 0.717) is 33.9 Å². The van der Waals surface area contributed by atoms with Crippen molar-refractivity contribution in [3.63, 3.8) is 0 Å². The van der Waals surface area contributed by atoms with E-state index in [1.54, 1.807) is 4.90 Å². The number of hydrogen-bond donors (Lipinski definition) is 0. The van der Waals surface area contributed by atoms with Gasteiger partial charge in [-0.3, -0.25) is 9.69 Å². The summed E-state index contributed by atoms with van der Waals surface area (Å²) in [5.41, 5.74) is 2.62. The molecule has 3 aromatic rings. The normalized spacial score (nSPS) is 14.8. The summed E-state index contributed by atoms with van der Waals surface area (Å²) in [7, 11) is 0. The first-order valence-corrected chi connectivity index (χ1v) is 12.9. The van der Waals surface area contributed by atoms with Crippen LogP contribution in [0.2, 0.25) is 0 Å². The highest BCUT2D eigenvalue weighted by atomic mass is 79.9. The number of amides is 1. The van der Waals surface area contributed by atoms with E-state index in [0.717, 1.165) is 25.8 Å². The molecule has 4 rings (SSSR count). The number of ether oxygens (including phenoxy) is 2. The zero-order chi connectivity index (χ0) is 23.4. The fourth-order valence-electron chi connectivity index (χ4n) is 3.24. The summed E-state index contributed by atoms with van der Waals surface area (Å²) in [5, 5.41) is 0. The summed E-state index contributed by atoms with van der Waals surface area (Å²) in [6.45, 7) is 2.83. The quantitative estimate of drug-likeness (QED) is 0.205. The van der Waals surface area contributed by atoms with E-state index in [2.05, 4.69) is 31.9 Å². The zero-order valence-electron chi connectivity index (χ0n) is 17.6. The molecule has 0 bridgehead atoms. The molecule has 0 unspecified atom stereocenters. The molecule has 168 valence electrons. The number of anilines is 1. The maximum atomic E-state index is 13.1. The highest BCUT2D eigenvalue weighted by molar-refractivity contribution is 9.10. The number of rotatable bonds is 7. The molecule has 33 heavy (non-hydrogen) atoms. The number of hydrogen-bond acceptors (Lipinski definition) is 5. The summed E-state index contributed by atoms with van der Waals surface area (Å²) < 4.78 is 14.1. The maximum Gasteiger partial charge on any atom is 0.270 e. The van der Waals surface area contributed by atoms with Crippen LogP contribution in [0.4, 0.5) is 5.69 Å². The Morgan fingerprint density at radius 3 is 2.45 bits per heavy atom. The summed E-state index contributed by atoms with van der Waals surface area (Å²) in [4.78, 5) is 15.2. The molecule has 0 aliphatic carbocycles. The number of nitrogens with zero attached hydrogens (tertiary/aromatic N) is 1. The Kier molecular flexibility index (Phi) is 7.90. The van der Waals surface area contributed by atoms with E-state index in [1.807, 2.05) is 79.7 Å². The van der Waals surface area contributed by atoms with E-state index in [-0.39, 0.29) is 5.91 Å². The Morgan fingerprint density at radius 1 is 1.03 bits per heavy atom. The SMILES string of the molecule is CCOc1cc(/C=C2/SC(=S)N(c3ccc(Br)cc3)C2=O)cc(Br)c1OCc1ccccc1. The van der Waals surface area contributed by atoms with E-state index >= 15 is 0 Å². The molecule has 0 spiro atoms. The maximum absolute atomic E-state index is 13.1. The standard InChI is InChI=1S/C25H19Br2NO3S2/c1-2-30-21-13-17(12-20(27)23(21)31-15-16-6-4-3-5-7-16)14-22-24(29)28(25(32)33-22)19-10-8-18(26)9-11-19/h3-14H,2,15H2,1H3/b22-14+. The van der Waals surface area contributed by atoms with Crippen LogP contribution in [0.3, 0.4) is 0 Å². The average molecular weight is 605 g/mol. The van der Waals surface area contributed by atoms with Crippen molar-refractivity contribution >= 4 is 77.8 Å². The van der Waals surface area contributed by atoms with E-state index < -0.39 is 0 Å². The van der Waals surface area contributed by atoms with Crippen LogP contribution in [-0.2, 0) is 11.4 Å². The number of thiocarbonyl (C=S) groups is 1. The van der Waals surface area contributed by atoms with Crippen LogP contribution < -0.4 is 14.4 Å². The van der Waals surface area contributed by atoms with Gasteiger partial charge in [-0.25, -0.2) is 0 Å². The number of thioether (sulfide) groups is 1. The van der Waals surface area contributed by atoms with Crippen LogP contribution in [-0.4, -0.2) is 16.8 Å². The second-order valence-electron chi connectivity index (χ2n) is 7.03. The molecule has 0 atom stereocenters. The van der Waals surface area contributed by atoms with Crippen molar-refractivity contribution in [1.29, 1.82) is 0 Å². The number of carbonyl (C=O) groups is 1. The molecule has 4 nitrogen and oxygen atoms in total. The Labute approximate surface area is 219 Å². The van der Waals surface area contributed by atoms with Gasteiger partial charge in [-0.15, -0.1) is 0 Å². The Hall–Kier alpha value is -2.13. The van der Waals surface area contributed by atoms with Crippen molar-refractivity contribution < 1.29 is 14.3 Å². The first kappa shape index (κ1) is 24.0. The minimum atomic E-state index is -0.147. The topological polar surface area (TPSA) is 38.8 Å². The smallest absolute Gasteiger partial charge is 0.270 e. The van der Waals surface area contributed by atoms with Gasteiger partial charge < -0.3 is 9.47 Å². The molecular formula is C25H19Br2NO3S2. The highest BCUT2D eigenvalue weighted by Crippen LogP contribution is 2.40. The Bertz CT molecular complexity index is 1210. The van der Waals surface area contributed by atoms with Gasteiger partial charge in [-0.2, -0.15) is 0 Å². The second kappa shape index (κ2) is 10.9. The molecule has 0 aromatic heterocycles. The molecule has 0 radical (unpaired) electrons. The van der Waals surface area contributed by atoms with Gasteiger partial charge in [-0.1, -0.05) is 70.2 Å². The zero-order valence-corrected chi connectivity index (χ0v) is 22.4. The summed E-state index contributed by atoms with van der Waals surface area (Å²) >= 11 is 13.8. The van der Waals surface area contributed by atoms with Crippen LogP contribution in [0.25, 0.3) is 6.08 Å². The first-order valence-electron chi connectivity index (χ1n) is 10.1. The molecule has 0 saturated carbocycles. The van der Waals surface area contributed by atoms with Crippen LogP contribution in [0, 0.1) is 0 Å². The summed E-state index contributed by atoms with van der Waals surface area (Å²) in [6, 6.07) is 21.2. The van der Waals surface area contributed by atoms with Crippen LogP contribution in [0.5, 0.6) is 11.5 Å². The monoisotopic (exact) mass is 603 g/mol. The van der Waals surface area contributed by atoms with Crippen molar-refractivity contribution in [1.82, 2.24) is 0 Å². The third kappa shape index (κ3) is 5.69. The van der Waals surface area contributed by atoms with E-state index in [9.17, 15) is 4.79 Å². The lowest BCUT2D eigenvalue weighted by atomic mass is 10.1. The van der Waals surface area contributed by atoms with Crippen molar-refractivity contribution in [2.24, 2.45) is 0 Å². The van der Waals surface area contributed by atoms with E-state index in [1.165, 1.54) is 11.8 Å². The van der Waals surface area contributed by atoms with Gasteiger partial charge in [0.05, 0.1) is 21.7 Å². The van der Waals surface area contributed by atoms with Gasteiger partial charge in [-0.05, 0) is 76.5 Å². The minimum absolute atomic E-state index is 0.147. The lowest BCUT2D eigenvalue weighted by Crippen LogP contribution is -2.27. The van der Waals surface area contributed by atoms with Gasteiger partial charge in [0, 0.05) is 4.47 Å². The molecule has 0 N–H and O–H groups in total. The van der Waals surface area contributed by atoms with Crippen molar-refractivity contribution in [2.45, 2.75) is 13.5 Å². The lowest BCUT2D eigenvalue weighted by Gasteiger charge is -2.15. The molecule has 1 aliphatic rings. The van der Waals surface area contributed by atoms with Gasteiger partial charge >= 0.3 is 0 Å².